The Kier molecular flexibility index (Phi) is 4.52. The summed E-state index contributed by atoms with van der Waals surface area (Å²) in [7, 11) is -3.94. The molecule has 0 amide bonds. The highest BCUT2D eigenvalue weighted by molar-refractivity contribution is 7.89. The molecule has 1 aromatic heterocycles. The Balaban J connectivity index is 3.34. The topological polar surface area (TPSA) is 86.5 Å². The Morgan fingerprint density at radius 1 is 1.33 bits per heavy atom. The third kappa shape index (κ3) is 3.30. The molecule has 0 saturated carbocycles. The number of nitrogens with two attached hydrogens (primary N) is 1. The minimum Gasteiger partial charge on any atom is -0.459 e. The van der Waals surface area contributed by atoms with Gasteiger partial charge in [0.2, 0.25) is 10.0 Å². The molecule has 0 aliphatic carbocycles. The number of rotatable bonds is 4. The minimum absolute atomic E-state index is 0.0241. The highest BCUT2D eigenvalue weighted by Gasteiger charge is 2.28. The lowest BCUT2D eigenvalue weighted by Gasteiger charge is -2.09. The maximum atomic E-state index is 11.8. The molecule has 5 nitrogen and oxygen atoms in total. The molecule has 0 radical (unpaired) electrons. The maximum Gasteiger partial charge on any atom is 0.340 e. The zero-order valence-electron chi connectivity index (χ0n) is 10.8. The first-order valence-corrected chi connectivity index (χ1v) is 7.92. The van der Waals surface area contributed by atoms with Gasteiger partial charge in [0.05, 0.1) is 11.7 Å². The van der Waals surface area contributed by atoms with Crippen LogP contribution in [0.1, 0.15) is 48.8 Å². The van der Waals surface area contributed by atoms with Gasteiger partial charge in [0.15, 0.2) is 0 Å². The summed E-state index contributed by atoms with van der Waals surface area (Å²) in [5.74, 6) is -0.680. The molecule has 0 aliphatic rings. The number of sulfonamides is 1. The second-order valence-corrected chi connectivity index (χ2v) is 6.91. The van der Waals surface area contributed by atoms with Gasteiger partial charge in [0, 0.05) is 10.3 Å². The Labute approximate surface area is 111 Å². The van der Waals surface area contributed by atoms with E-state index in [1.807, 2.05) is 13.8 Å². The van der Waals surface area contributed by atoms with Crippen LogP contribution in [-0.2, 0) is 14.8 Å². The first kappa shape index (κ1) is 15.1. The van der Waals surface area contributed by atoms with Gasteiger partial charge in [-0.1, -0.05) is 13.8 Å². The van der Waals surface area contributed by atoms with Crippen molar-refractivity contribution in [3.8, 4) is 0 Å². The number of primary sulfonamides is 1. The molecule has 1 rings (SSSR count). The molecule has 0 bridgehead atoms. The minimum atomic E-state index is -3.94. The lowest BCUT2D eigenvalue weighted by Crippen LogP contribution is -2.19. The van der Waals surface area contributed by atoms with Gasteiger partial charge in [-0.2, -0.15) is 0 Å². The molecule has 102 valence electrons. The molecule has 0 saturated heterocycles. The number of thiophene rings is 1. The maximum absolute atomic E-state index is 11.8. The molecule has 0 spiro atoms. The lowest BCUT2D eigenvalue weighted by atomic mass is 10.1. The number of esters is 1. The van der Waals surface area contributed by atoms with Crippen LogP contribution in [0.4, 0.5) is 0 Å². The fraction of sp³-hybridized carbons (Fsp3) is 0.545. The Morgan fingerprint density at radius 3 is 2.28 bits per heavy atom. The highest BCUT2D eigenvalue weighted by Crippen LogP contribution is 2.33. The molecule has 0 aliphatic heterocycles. The Morgan fingerprint density at radius 2 is 1.89 bits per heavy atom. The molecule has 7 heteroatoms. The van der Waals surface area contributed by atoms with Crippen molar-refractivity contribution in [3.63, 3.8) is 0 Å². The van der Waals surface area contributed by atoms with E-state index in [0.29, 0.717) is 4.88 Å². The fourth-order valence-corrected chi connectivity index (χ4v) is 3.95. The van der Waals surface area contributed by atoms with Crippen molar-refractivity contribution in [1.82, 2.24) is 0 Å². The Hall–Kier alpha value is -0.920. The van der Waals surface area contributed by atoms with Crippen molar-refractivity contribution in [1.29, 1.82) is 0 Å². The molecular weight excluding hydrogens is 274 g/mol. The van der Waals surface area contributed by atoms with Gasteiger partial charge in [-0.05, 0) is 19.8 Å². The zero-order chi connectivity index (χ0) is 14.1. The first-order valence-electron chi connectivity index (χ1n) is 5.49. The normalized spacial score (nSPS) is 12.2. The summed E-state index contributed by atoms with van der Waals surface area (Å²) in [5, 5.41) is 6.67. The van der Waals surface area contributed by atoms with E-state index in [1.54, 1.807) is 13.8 Å². The van der Waals surface area contributed by atoms with Gasteiger partial charge in [0.1, 0.15) is 4.90 Å². The predicted octanol–water partition coefficient (Wildman–Crippen LogP) is 2.08. The van der Waals surface area contributed by atoms with Crippen molar-refractivity contribution in [2.24, 2.45) is 5.14 Å². The molecular formula is C11H17NO4S2. The van der Waals surface area contributed by atoms with Crippen LogP contribution in [0.2, 0.25) is 0 Å². The van der Waals surface area contributed by atoms with Gasteiger partial charge in [-0.25, -0.2) is 18.4 Å². The van der Waals surface area contributed by atoms with E-state index >= 15 is 0 Å². The summed E-state index contributed by atoms with van der Waals surface area (Å²) in [6.45, 7) is 7.09. The summed E-state index contributed by atoms with van der Waals surface area (Å²) < 4.78 is 28.2. The largest absolute Gasteiger partial charge is 0.459 e. The number of carbonyl (C=O) groups excluding carboxylic acids is 1. The van der Waals surface area contributed by atoms with Crippen LogP contribution in [0.5, 0.6) is 0 Å². The van der Waals surface area contributed by atoms with Crippen molar-refractivity contribution in [2.75, 3.05) is 0 Å². The average Bonchev–Trinajstić information content (AvgIpc) is 2.59. The molecule has 18 heavy (non-hydrogen) atoms. The van der Waals surface area contributed by atoms with Crippen molar-refractivity contribution < 1.29 is 17.9 Å². The summed E-state index contributed by atoms with van der Waals surface area (Å²) in [4.78, 5) is 12.3. The van der Waals surface area contributed by atoms with Crippen LogP contribution in [0, 0.1) is 0 Å². The third-order valence-electron chi connectivity index (χ3n) is 2.14. The predicted molar refractivity (Wildman–Crippen MR) is 70.3 cm³/mol. The van der Waals surface area contributed by atoms with Gasteiger partial charge in [-0.15, -0.1) is 11.3 Å². The van der Waals surface area contributed by atoms with Gasteiger partial charge in [0.25, 0.3) is 0 Å². The van der Waals surface area contributed by atoms with Gasteiger partial charge < -0.3 is 4.74 Å². The number of carbonyl (C=O) groups is 1. The van der Waals surface area contributed by atoms with Crippen molar-refractivity contribution in [3.05, 3.63) is 15.8 Å². The summed E-state index contributed by atoms with van der Waals surface area (Å²) in [5.41, 5.74) is 0.0277. The summed E-state index contributed by atoms with van der Waals surface area (Å²) in [6, 6.07) is 0. The third-order valence-corrected chi connectivity index (χ3v) is 4.56. The lowest BCUT2D eigenvalue weighted by molar-refractivity contribution is 0.0374. The van der Waals surface area contributed by atoms with Crippen LogP contribution in [0.15, 0.2) is 10.3 Å². The first-order chi connectivity index (χ1) is 8.14. The fourth-order valence-electron chi connectivity index (χ4n) is 1.47. The van der Waals surface area contributed by atoms with Crippen LogP contribution in [0.3, 0.4) is 0 Å². The molecule has 0 atom stereocenters. The second kappa shape index (κ2) is 5.38. The second-order valence-electron chi connectivity index (χ2n) is 4.50. The monoisotopic (exact) mass is 291 g/mol. The standard InChI is InChI=1S/C11H17NO4S2/c1-6(2)9-10(18(12,14)15)8(5-17-9)11(13)16-7(3)4/h5-7H,1-4H3,(H2,12,14,15). The molecule has 0 fully saturated rings. The van der Waals surface area contributed by atoms with Crippen LogP contribution in [-0.4, -0.2) is 20.5 Å². The summed E-state index contributed by atoms with van der Waals surface area (Å²) in [6.07, 6.45) is -0.312. The van der Waals surface area contributed by atoms with E-state index in [1.165, 1.54) is 16.7 Å². The quantitative estimate of drug-likeness (QED) is 0.860. The van der Waals surface area contributed by atoms with E-state index < -0.39 is 16.0 Å². The average molecular weight is 291 g/mol. The van der Waals surface area contributed by atoms with Crippen molar-refractivity contribution in [2.45, 2.75) is 44.6 Å². The molecule has 2 N–H and O–H groups in total. The zero-order valence-corrected chi connectivity index (χ0v) is 12.4. The number of ether oxygens (including phenoxy) is 1. The van der Waals surface area contributed by atoms with Gasteiger partial charge in [-0.3, -0.25) is 0 Å². The van der Waals surface area contributed by atoms with Crippen LogP contribution >= 0.6 is 11.3 Å². The highest BCUT2D eigenvalue weighted by atomic mass is 32.2. The molecule has 1 heterocycles. The SMILES string of the molecule is CC(C)OC(=O)c1csc(C(C)C)c1S(N)(=O)=O. The van der Waals surface area contributed by atoms with E-state index in [4.69, 9.17) is 9.88 Å². The molecule has 0 unspecified atom stereocenters. The number of hydrogen-bond donors (Lipinski definition) is 1. The number of hydrogen-bond acceptors (Lipinski definition) is 5. The smallest absolute Gasteiger partial charge is 0.340 e. The van der Waals surface area contributed by atoms with E-state index in [0.717, 1.165) is 0 Å². The van der Waals surface area contributed by atoms with E-state index in [2.05, 4.69) is 0 Å². The van der Waals surface area contributed by atoms with E-state index in [-0.39, 0.29) is 22.5 Å². The Bertz CT molecular complexity index is 543. The molecule has 0 aromatic carbocycles. The van der Waals surface area contributed by atoms with Crippen molar-refractivity contribution >= 4 is 27.3 Å². The van der Waals surface area contributed by atoms with Crippen LogP contribution < -0.4 is 5.14 Å². The van der Waals surface area contributed by atoms with Gasteiger partial charge >= 0.3 is 5.97 Å². The summed E-state index contributed by atoms with van der Waals surface area (Å²) >= 11 is 1.21. The van der Waals surface area contributed by atoms with E-state index in [9.17, 15) is 13.2 Å². The molecule has 1 aromatic rings. The van der Waals surface area contributed by atoms with Crippen LogP contribution in [0.25, 0.3) is 0 Å².